The van der Waals surface area contributed by atoms with Crippen LogP contribution in [0.5, 0.6) is 5.75 Å². The van der Waals surface area contributed by atoms with Gasteiger partial charge in [-0.1, -0.05) is 35.3 Å². The maximum Gasteiger partial charge on any atom is 0.152 e. The Bertz CT molecular complexity index is 629. The number of halogens is 2. The first-order chi connectivity index (χ1) is 9.65. The quantitative estimate of drug-likeness (QED) is 0.467. The van der Waals surface area contributed by atoms with Crippen molar-refractivity contribution in [2.24, 2.45) is 0 Å². The highest BCUT2D eigenvalue weighted by atomic mass is 35.5. The van der Waals surface area contributed by atoms with E-state index < -0.39 is 0 Å². The third kappa shape index (κ3) is 3.21. The average molecular weight is 307 g/mol. The van der Waals surface area contributed by atoms with E-state index in [4.69, 9.17) is 27.9 Å². The fraction of sp³-hybridized carbons (Fsp3) is 0.0625. The van der Waals surface area contributed by atoms with Gasteiger partial charge in [0.1, 0.15) is 5.75 Å². The van der Waals surface area contributed by atoms with Gasteiger partial charge in [-0.15, -0.1) is 0 Å². The van der Waals surface area contributed by atoms with Gasteiger partial charge in [-0.2, -0.15) is 0 Å². The molecule has 0 N–H and O–H groups in total. The zero-order valence-corrected chi connectivity index (χ0v) is 12.3. The minimum absolute atomic E-state index is 0.393. The SMILES string of the molecule is COc1ccc(C(Cl)=C(C=O)c2ccc(Cl)cc2)cc1. The molecule has 2 nitrogen and oxygen atoms in total. The van der Waals surface area contributed by atoms with Crippen LogP contribution in [0, 0.1) is 0 Å². The molecule has 0 unspecified atom stereocenters. The van der Waals surface area contributed by atoms with Crippen LogP contribution in [0.15, 0.2) is 48.5 Å². The fourth-order valence-electron chi connectivity index (χ4n) is 1.77. The molecule has 20 heavy (non-hydrogen) atoms. The van der Waals surface area contributed by atoms with Crippen LogP contribution in [0.25, 0.3) is 10.6 Å². The van der Waals surface area contributed by atoms with Crippen molar-refractivity contribution in [1.82, 2.24) is 0 Å². The van der Waals surface area contributed by atoms with Crippen molar-refractivity contribution in [2.75, 3.05) is 7.11 Å². The number of rotatable bonds is 4. The Morgan fingerprint density at radius 2 is 1.55 bits per heavy atom. The molecule has 2 aromatic rings. The van der Waals surface area contributed by atoms with Crippen molar-refractivity contribution < 1.29 is 9.53 Å². The number of methoxy groups -OCH3 is 1. The summed E-state index contributed by atoms with van der Waals surface area (Å²) in [5.41, 5.74) is 1.91. The van der Waals surface area contributed by atoms with E-state index in [-0.39, 0.29) is 0 Å². The molecule has 102 valence electrons. The summed E-state index contributed by atoms with van der Waals surface area (Å²) in [4.78, 5) is 11.3. The minimum atomic E-state index is 0.393. The van der Waals surface area contributed by atoms with E-state index in [1.807, 2.05) is 0 Å². The number of hydrogen-bond donors (Lipinski definition) is 0. The van der Waals surface area contributed by atoms with Gasteiger partial charge in [0.15, 0.2) is 6.29 Å². The molecule has 4 heteroatoms. The third-order valence-electron chi connectivity index (χ3n) is 2.85. The highest BCUT2D eigenvalue weighted by molar-refractivity contribution is 6.55. The van der Waals surface area contributed by atoms with Gasteiger partial charge in [-0.25, -0.2) is 0 Å². The zero-order valence-electron chi connectivity index (χ0n) is 10.8. The van der Waals surface area contributed by atoms with Crippen LogP contribution in [-0.2, 0) is 4.79 Å². The Morgan fingerprint density at radius 1 is 1.00 bits per heavy atom. The average Bonchev–Trinajstić information content (AvgIpc) is 2.50. The first-order valence-corrected chi connectivity index (χ1v) is 6.66. The molecule has 0 aliphatic heterocycles. The summed E-state index contributed by atoms with van der Waals surface area (Å²) >= 11 is 12.2. The summed E-state index contributed by atoms with van der Waals surface area (Å²) in [6.07, 6.45) is 0.746. The number of carbonyl (C=O) groups is 1. The molecule has 0 fully saturated rings. The van der Waals surface area contributed by atoms with E-state index in [1.54, 1.807) is 55.6 Å². The molecule has 0 aliphatic carbocycles. The highest BCUT2D eigenvalue weighted by Gasteiger charge is 2.09. The number of aldehydes is 1. The van der Waals surface area contributed by atoms with Gasteiger partial charge in [0.2, 0.25) is 0 Å². The monoisotopic (exact) mass is 306 g/mol. The Kier molecular flexibility index (Phi) is 4.83. The van der Waals surface area contributed by atoms with Crippen molar-refractivity contribution in [2.45, 2.75) is 0 Å². The molecule has 0 atom stereocenters. The summed E-state index contributed by atoms with van der Waals surface area (Å²) < 4.78 is 5.09. The van der Waals surface area contributed by atoms with Gasteiger partial charge in [-0.3, -0.25) is 4.79 Å². The molecule has 0 radical (unpaired) electrons. The minimum Gasteiger partial charge on any atom is -0.497 e. The Morgan fingerprint density at radius 3 is 2.05 bits per heavy atom. The van der Waals surface area contributed by atoms with Crippen molar-refractivity contribution in [3.63, 3.8) is 0 Å². The lowest BCUT2D eigenvalue weighted by molar-refractivity contribution is -0.103. The van der Waals surface area contributed by atoms with E-state index >= 15 is 0 Å². The maximum absolute atomic E-state index is 11.3. The Labute approximate surface area is 127 Å². The zero-order chi connectivity index (χ0) is 14.5. The molecule has 2 rings (SSSR count). The molecule has 0 heterocycles. The van der Waals surface area contributed by atoms with Crippen LogP contribution in [0.3, 0.4) is 0 Å². The second-order valence-electron chi connectivity index (χ2n) is 4.08. The first kappa shape index (κ1) is 14.6. The number of ether oxygens (including phenoxy) is 1. The van der Waals surface area contributed by atoms with E-state index in [1.165, 1.54) is 0 Å². The van der Waals surface area contributed by atoms with Crippen molar-refractivity contribution in [3.8, 4) is 5.75 Å². The lowest BCUT2D eigenvalue weighted by Gasteiger charge is -2.07. The summed E-state index contributed by atoms with van der Waals surface area (Å²) in [5.74, 6) is 0.734. The second kappa shape index (κ2) is 6.60. The van der Waals surface area contributed by atoms with Crippen LogP contribution in [0.1, 0.15) is 11.1 Å². The van der Waals surface area contributed by atoms with Gasteiger partial charge in [0, 0.05) is 10.6 Å². The van der Waals surface area contributed by atoms with Crippen molar-refractivity contribution in [3.05, 3.63) is 64.7 Å². The maximum atomic E-state index is 11.3. The summed E-state index contributed by atoms with van der Waals surface area (Å²) in [6.45, 7) is 0. The predicted molar refractivity (Wildman–Crippen MR) is 83.2 cm³/mol. The van der Waals surface area contributed by atoms with Gasteiger partial charge < -0.3 is 4.74 Å². The summed E-state index contributed by atoms with van der Waals surface area (Å²) in [7, 11) is 1.59. The highest BCUT2D eigenvalue weighted by Crippen LogP contribution is 2.30. The molecule has 0 amide bonds. The van der Waals surface area contributed by atoms with Crippen LogP contribution >= 0.6 is 23.2 Å². The fourth-order valence-corrected chi connectivity index (χ4v) is 2.17. The molecule has 0 bridgehead atoms. The first-order valence-electron chi connectivity index (χ1n) is 5.91. The standard InChI is InChI=1S/C16H12Cl2O2/c1-20-14-8-4-12(5-9-14)16(18)15(10-19)11-2-6-13(17)7-3-11/h2-10H,1H3. The molecule has 0 aromatic heterocycles. The van der Waals surface area contributed by atoms with E-state index in [0.717, 1.165) is 23.2 Å². The normalized spacial score (nSPS) is 11.8. The number of allylic oxidation sites excluding steroid dienone is 1. The molecule has 0 saturated carbocycles. The molecule has 2 aromatic carbocycles. The number of hydrogen-bond acceptors (Lipinski definition) is 2. The summed E-state index contributed by atoms with van der Waals surface area (Å²) in [6, 6.07) is 14.2. The Hall–Kier alpha value is -1.77. The van der Waals surface area contributed by atoms with Gasteiger partial charge >= 0.3 is 0 Å². The van der Waals surface area contributed by atoms with Crippen LogP contribution in [-0.4, -0.2) is 13.4 Å². The van der Waals surface area contributed by atoms with Gasteiger partial charge in [-0.05, 0) is 47.5 Å². The lowest BCUT2D eigenvalue weighted by atomic mass is 10.0. The van der Waals surface area contributed by atoms with Gasteiger partial charge in [0.05, 0.1) is 12.1 Å². The second-order valence-corrected chi connectivity index (χ2v) is 4.90. The summed E-state index contributed by atoms with van der Waals surface area (Å²) in [5, 5.41) is 1.00. The van der Waals surface area contributed by atoms with E-state index in [9.17, 15) is 4.79 Å². The van der Waals surface area contributed by atoms with Crippen LogP contribution in [0.2, 0.25) is 5.02 Å². The number of benzene rings is 2. The Balaban J connectivity index is 2.45. The molecule has 0 spiro atoms. The van der Waals surface area contributed by atoms with E-state index in [2.05, 4.69) is 0 Å². The number of carbonyl (C=O) groups excluding carboxylic acids is 1. The van der Waals surface area contributed by atoms with Gasteiger partial charge in [0.25, 0.3) is 0 Å². The van der Waals surface area contributed by atoms with Crippen LogP contribution in [0.4, 0.5) is 0 Å². The predicted octanol–water partition coefficient (Wildman–Crippen LogP) is 4.65. The molecule has 0 aliphatic rings. The largest absolute Gasteiger partial charge is 0.497 e. The van der Waals surface area contributed by atoms with E-state index in [0.29, 0.717) is 15.6 Å². The van der Waals surface area contributed by atoms with Crippen molar-refractivity contribution in [1.29, 1.82) is 0 Å². The molecular weight excluding hydrogens is 295 g/mol. The topological polar surface area (TPSA) is 26.3 Å². The van der Waals surface area contributed by atoms with Crippen LogP contribution < -0.4 is 4.74 Å². The van der Waals surface area contributed by atoms with Crippen molar-refractivity contribution >= 4 is 40.1 Å². The molecular formula is C16H12Cl2O2. The lowest BCUT2D eigenvalue weighted by Crippen LogP contribution is -1.90. The third-order valence-corrected chi connectivity index (χ3v) is 3.53. The smallest absolute Gasteiger partial charge is 0.152 e. The molecule has 0 saturated heterocycles.